The second kappa shape index (κ2) is 5.40. The van der Waals surface area contributed by atoms with E-state index < -0.39 is 0 Å². The van der Waals surface area contributed by atoms with Gasteiger partial charge in [0.05, 0.1) is 0 Å². The first-order chi connectivity index (χ1) is 8.56. The molecule has 0 radical (unpaired) electrons. The molecule has 2 rings (SSSR count). The van der Waals surface area contributed by atoms with E-state index in [4.69, 9.17) is 16.3 Å². The predicted molar refractivity (Wildman–Crippen MR) is 71.7 cm³/mol. The van der Waals surface area contributed by atoms with Crippen LogP contribution in [0.2, 0.25) is 5.02 Å². The van der Waals surface area contributed by atoms with E-state index >= 15 is 0 Å². The highest BCUT2D eigenvalue weighted by Crippen LogP contribution is 2.21. The number of hydrogen-bond acceptors (Lipinski definition) is 1. The van der Waals surface area contributed by atoms with Crippen molar-refractivity contribution in [2.45, 2.75) is 20.5 Å². The molecular formula is C15H14ClFO. The Balaban J connectivity index is 2.11. The van der Waals surface area contributed by atoms with Crippen LogP contribution in [0, 0.1) is 19.7 Å². The minimum absolute atomic E-state index is 0.201. The standard InChI is InChI=1S/C15H14ClFO/c1-10-3-6-15(11(2)7-10)18-9-12-4-5-13(16)8-14(12)17/h3-8H,9H2,1-2H3. The summed E-state index contributed by atoms with van der Waals surface area (Å²) in [5, 5.41) is 0.391. The van der Waals surface area contributed by atoms with Gasteiger partial charge in [0.2, 0.25) is 0 Å². The average Bonchev–Trinajstić information content (AvgIpc) is 2.30. The Morgan fingerprint density at radius 2 is 1.89 bits per heavy atom. The summed E-state index contributed by atoms with van der Waals surface area (Å²) in [5.41, 5.74) is 2.72. The molecule has 0 amide bonds. The molecule has 0 fully saturated rings. The average molecular weight is 265 g/mol. The fraction of sp³-hybridized carbons (Fsp3) is 0.200. The van der Waals surface area contributed by atoms with Crippen LogP contribution in [-0.2, 0) is 6.61 Å². The van der Waals surface area contributed by atoms with Crippen LogP contribution < -0.4 is 4.74 Å². The zero-order chi connectivity index (χ0) is 13.1. The van der Waals surface area contributed by atoms with E-state index in [-0.39, 0.29) is 12.4 Å². The molecule has 0 aromatic heterocycles. The van der Waals surface area contributed by atoms with Crippen molar-refractivity contribution >= 4 is 11.6 Å². The Hall–Kier alpha value is -1.54. The van der Waals surface area contributed by atoms with Gasteiger partial charge in [-0.05, 0) is 37.6 Å². The quantitative estimate of drug-likeness (QED) is 0.782. The van der Waals surface area contributed by atoms with Crippen LogP contribution in [-0.4, -0.2) is 0 Å². The van der Waals surface area contributed by atoms with E-state index in [1.54, 1.807) is 12.1 Å². The topological polar surface area (TPSA) is 9.23 Å². The third-order valence-electron chi connectivity index (χ3n) is 2.73. The summed E-state index contributed by atoms with van der Waals surface area (Å²) in [7, 11) is 0. The van der Waals surface area contributed by atoms with Crippen LogP contribution in [0.25, 0.3) is 0 Å². The zero-order valence-corrected chi connectivity index (χ0v) is 11.1. The smallest absolute Gasteiger partial charge is 0.131 e. The van der Waals surface area contributed by atoms with Crippen molar-refractivity contribution in [1.82, 2.24) is 0 Å². The summed E-state index contributed by atoms with van der Waals surface area (Å²) >= 11 is 5.70. The third-order valence-corrected chi connectivity index (χ3v) is 2.96. The molecule has 2 aromatic carbocycles. The SMILES string of the molecule is Cc1ccc(OCc2ccc(Cl)cc2F)c(C)c1. The number of rotatable bonds is 3. The maximum absolute atomic E-state index is 13.6. The number of halogens is 2. The van der Waals surface area contributed by atoms with Gasteiger partial charge in [0.15, 0.2) is 0 Å². The van der Waals surface area contributed by atoms with Crippen LogP contribution in [0.15, 0.2) is 36.4 Å². The summed E-state index contributed by atoms with van der Waals surface area (Å²) in [6, 6.07) is 10.5. The summed E-state index contributed by atoms with van der Waals surface area (Å²) in [6.07, 6.45) is 0. The summed E-state index contributed by atoms with van der Waals surface area (Å²) in [6.45, 7) is 4.20. The van der Waals surface area contributed by atoms with Crippen LogP contribution >= 0.6 is 11.6 Å². The maximum Gasteiger partial charge on any atom is 0.131 e. The molecule has 0 saturated carbocycles. The molecular weight excluding hydrogens is 251 g/mol. The molecule has 0 heterocycles. The van der Waals surface area contributed by atoms with E-state index in [1.807, 2.05) is 32.0 Å². The van der Waals surface area contributed by atoms with Crippen molar-refractivity contribution in [3.63, 3.8) is 0 Å². The zero-order valence-electron chi connectivity index (χ0n) is 10.3. The minimum atomic E-state index is -0.340. The van der Waals surface area contributed by atoms with Crippen LogP contribution in [0.4, 0.5) is 4.39 Å². The monoisotopic (exact) mass is 264 g/mol. The van der Waals surface area contributed by atoms with Gasteiger partial charge in [-0.25, -0.2) is 4.39 Å². The molecule has 94 valence electrons. The number of ether oxygens (including phenoxy) is 1. The van der Waals surface area contributed by atoms with E-state index in [2.05, 4.69) is 0 Å². The molecule has 0 aliphatic rings. The molecule has 0 spiro atoms. The lowest BCUT2D eigenvalue weighted by Crippen LogP contribution is -1.99. The molecule has 0 atom stereocenters. The van der Waals surface area contributed by atoms with E-state index in [1.165, 1.54) is 11.6 Å². The highest BCUT2D eigenvalue weighted by atomic mass is 35.5. The number of aryl methyl sites for hydroxylation is 2. The molecule has 1 nitrogen and oxygen atoms in total. The Morgan fingerprint density at radius 3 is 2.56 bits per heavy atom. The van der Waals surface area contributed by atoms with Crippen LogP contribution in [0.3, 0.4) is 0 Å². The van der Waals surface area contributed by atoms with Crippen molar-refractivity contribution in [3.8, 4) is 5.75 Å². The molecule has 0 bridgehead atoms. The van der Waals surface area contributed by atoms with Crippen molar-refractivity contribution in [2.24, 2.45) is 0 Å². The van der Waals surface area contributed by atoms with Gasteiger partial charge in [0.25, 0.3) is 0 Å². The van der Waals surface area contributed by atoms with Gasteiger partial charge in [-0.15, -0.1) is 0 Å². The largest absolute Gasteiger partial charge is 0.489 e. The summed E-state index contributed by atoms with van der Waals surface area (Å²) < 4.78 is 19.2. The molecule has 3 heteroatoms. The normalized spacial score (nSPS) is 10.4. The van der Waals surface area contributed by atoms with E-state index in [0.29, 0.717) is 10.6 Å². The lowest BCUT2D eigenvalue weighted by Gasteiger charge is -2.10. The van der Waals surface area contributed by atoms with Crippen molar-refractivity contribution in [1.29, 1.82) is 0 Å². The second-order valence-corrected chi connectivity index (χ2v) is 4.73. The van der Waals surface area contributed by atoms with Crippen molar-refractivity contribution < 1.29 is 9.13 Å². The minimum Gasteiger partial charge on any atom is -0.489 e. The number of benzene rings is 2. The lowest BCUT2D eigenvalue weighted by molar-refractivity contribution is 0.298. The number of hydrogen-bond donors (Lipinski definition) is 0. The van der Waals surface area contributed by atoms with E-state index in [9.17, 15) is 4.39 Å². The van der Waals surface area contributed by atoms with Gasteiger partial charge in [-0.2, -0.15) is 0 Å². The van der Waals surface area contributed by atoms with Crippen molar-refractivity contribution in [2.75, 3.05) is 0 Å². The predicted octanol–water partition coefficient (Wildman–Crippen LogP) is 4.67. The van der Waals surface area contributed by atoms with Crippen LogP contribution in [0.5, 0.6) is 5.75 Å². The maximum atomic E-state index is 13.6. The van der Waals surface area contributed by atoms with E-state index in [0.717, 1.165) is 11.3 Å². The van der Waals surface area contributed by atoms with Gasteiger partial charge in [0, 0.05) is 10.6 Å². The van der Waals surface area contributed by atoms with Gasteiger partial charge in [-0.1, -0.05) is 35.4 Å². The first kappa shape index (κ1) is 12.9. The van der Waals surface area contributed by atoms with Crippen LogP contribution in [0.1, 0.15) is 16.7 Å². The Kier molecular flexibility index (Phi) is 3.87. The van der Waals surface area contributed by atoms with Gasteiger partial charge < -0.3 is 4.74 Å². The van der Waals surface area contributed by atoms with Crippen molar-refractivity contribution in [3.05, 3.63) is 63.9 Å². The Morgan fingerprint density at radius 1 is 1.11 bits per heavy atom. The summed E-state index contributed by atoms with van der Waals surface area (Å²) in [4.78, 5) is 0. The molecule has 18 heavy (non-hydrogen) atoms. The van der Waals surface area contributed by atoms with Gasteiger partial charge >= 0.3 is 0 Å². The highest BCUT2D eigenvalue weighted by Gasteiger charge is 2.05. The van der Waals surface area contributed by atoms with Gasteiger partial charge in [0.1, 0.15) is 18.2 Å². The second-order valence-electron chi connectivity index (χ2n) is 4.29. The Bertz CT molecular complexity index is 515. The lowest BCUT2D eigenvalue weighted by atomic mass is 10.1. The van der Waals surface area contributed by atoms with Gasteiger partial charge in [-0.3, -0.25) is 0 Å². The Labute approximate surface area is 111 Å². The first-order valence-electron chi connectivity index (χ1n) is 5.70. The highest BCUT2D eigenvalue weighted by molar-refractivity contribution is 6.30. The molecule has 0 saturated heterocycles. The molecule has 0 aliphatic heterocycles. The molecule has 2 aromatic rings. The third kappa shape index (κ3) is 3.02. The fourth-order valence-corrected chi connectivity index (χ4v) is 1.91. The first-order valence-corrected chi connectivity index (χ1v) is 6.08. The molecule has 0 N–H and O–H groups in total. The summed E-state index contributed by atoms with van der Waals surface area (Å²) in [5.74, 6) is 0.433. The molecule has 0 aliphatic carbocycles. The fourth-order valence-electron chi connectivity index (χ4n) is 1.76. The molecule has 0 unspecified atom stereocenters.